The Morgan fingerprint density at radius 3 is 2.45 bits per heavy atom. The van der Waals surface area contributed by atoms with Gasteiger partial charge in [-0.1, -0.05) is 25.7 Å². The molecule has 2 bridgehead atoms. The predicted molar refractivity (Wildman–Crippen MR) is 83.5 cm³/mol. The zero-order valence-electron chi connectivity index (χ0n) is 12.9. The van der Waals surface area contributed by atoms with Gasteiger partial charge in [-0.3, -0.25) is 4.90 Å². The maximum atomic E-state index is 3.48. The van der Waals surface area contributed by atoms with E-state index in [1.807, 2.05) is 0 Å². The molecule has 1 radical (unpaired) electrons. The van der Waals surface area contributed by atoms with Gasteiger partial charge in [-0.25, -0.2) is 0 Å². The lowest BCUT2D eigenvalue weighted by Crippen LogP contribution is -2.55. The summed E-state index contributed by atoms with van der Waals surface area (Å²) in [5, 5.41) is 3.48. The lowest BCUT2D eigenvalue weighted by atomic mass is 9.77. The van der Waals surface area contributed by atoms with Gasteiger partial charge in [0, 0.05) is 18.6 Å². The molecule has 4 aliphatic rings. The average molecular weight is 275 g/mol. The Balaban J connectivity index is 1.41. The maximum Gasteiger partial charge on any atom is 0.0133 e. The van der Waals surface area contributed by atoms with Crippen LogP contribution in [0.15, 0.2) is 0 Å². The van der Waals surface area contributed by atoms with Crippen LogP contribution in [0, 0.1) is 24.2 Å². The molecule has 3 aliphatic heterocycles. The standard InChI is InChI=1S/C18H31N2/c1-2-4-6-14(5-3-1)13-20-16-7-9-17(15-11-19-12-15)18(20)10-8-16/h9,14-19H,1-8,10-13H2. The van der Waals surface area contributed by atoms with Gasteiger partial charge in [0.15, 0.2) is 0 Å². The number of piperidine rings is 1. The van der Waals surface area contributed by atoms with Crippen LogP contribution in [0.25, 0.3) is 0 Å². The van der Waals surface area contributed by atoms with Crippen LogP contribution < -0.4 is 5.32 Å². The Labute approximate surface area is 124 Å². The van der Waals surface area contributed by atoms with Crippen LogP contribution >= 0.6 is 0 Å². The molecule has 1 aliphatic carbocycles. The second-order valence-electron chi connectivity index (χ2n) is 7.82. The van der Waals surface area contributed by atoms with Crippen molar-refractivity contribution in [1.82, 2.24) is 10.2 Å². The van der Waals surface area contributed by atoms with Crippen molar-refractivity contribution in [2.75, 3.05) is 19.6 Å². The van der Waals surface area contributed by atoms with Crippen LogP contribution in [0.1, 0.15) is 57.8 Å². The molecule has 3 saturated heterocycles. The van der Waals surface area contributed by atoms with Gasteiger partial charge in [0.2, 0.25) is 0 Å². The second kappa shape index (κ2) is 5.96. The smallest absolute Gasteiger partial charge is 0.0133 e. The Morgan fingerprint density at radius 1 is 0.950 bits per heavy atom. The van der Waals surface area contributed by atoms with Crippen molar-refractivity contribution in [3.63, 3.8) is 0 Å². The lowest BCUT2D eigenvalue weighted by Gasteiger charge is -2.47. The van der Waals surface area contributed by atoms with E-state index in [-0.39, 0.29) is 0 Å². The van der Waals surface area contributed by atoms with Gasteiger partial charge in [-0.15, -0.1) is 0 Å². The molecule has 113 valence electrons. The summed E-state index contributed by atoms with van der Waals surface area (Å²) in [6.45, 7) is 3.99. The summed E-state index contributed by atoms with van der Waals surface area (Å²) in [4.78, 5) is 2.97. The van der Waals surface area contributed by atoms with E-state index in [0.717, 1.165) is 29.8 Å². The quantitative estimate of drug-likeness (QED) is 0.796. The van der Waals surface area contributed by atoms with Gasteiger partial charge in [-0.2, -0.15) is 0 Å². The Hall–Kier alpha value is -0.0800. The SMILES string of the molecule is [CH]1CC2CCC(C1C1CNC1)N2CC1CCCCCC1. The van der Waals surface area contributed by atoms with Crippen molar-refractivity contribution in [2.45, 2.75) is 69.9 Å². The molecule has 1 saturated carbocycles. The Kier molecular flexibility index (Phi) is 4.05. The zero-order chi connectivity index (χ0) is 13.4. The highest BCUT2D eigenvalue weighted by molar-refractivity contribution is 5.07. The van der Waals surface area contributed by atoms with Crippen LogP contribution in [-0.4, -0.2) is 36.6 Å². The molecule has 1 N–H and O–H groups in total. The first-order valence-corrected chi connectivity index (χ1v) is 9.21. The van der Waals surface area contributed by atoms with E-state index in [4.69, 9.17) is 0 Å². The van der Waals surface area contributed by atoms with Gasteiger partial charge in [-0.05, 0) is 69.4 Å². The lowest BCUT2D eigenvalue weighted by molar-refractivity contribution is 0.0610. The van der Waals surface area contributed by atoms with Crippen LogP contribution in [-0.2, 0) is 0 Å². The largest absolute Gasteiger partial charge is 0.316 e. The van der Waals surface area contributed by atoms with Gasteiger partial charge in [0.25, 0.3) is 0 Å². The van der Waals surface area contributed by atoms with E-state index < -0.39 is 0 Å². The van der Waals surface area contributed by atoms with Crippen molar-refractivity contribution in [3.8, 4) is 0 Å². The number of nitrogens with zero attached hydrogens (tertiary/aromatic N) is 1. The topological polar surface area (TPSA) is 15.3 Å². The normalized spacial score (nSPS) is 40.5. The van der Waals surface area contributed by atoms with Gasteiger partial charge in [0.05, 0.1) is 0 Å². The average Bonchev–Trinajstić information content (AvgIpc) is 2.58. The molecule has 4 rings (SSSR count). The molecule has 3 atom stereocenters. The predicted octanol–water partition coefficient (Wildman–Crippen LogP) is 3.23. The summed E-state index contributed by atoms with van der Waals surface area (Å²) in [6, 6.07) is 1.82. The highest BCUT2D eigenvalue weighted by Gasteiger charge is 2.46. The zero-order valence-corrected chi connectivity index (χ0v) is 12.9. The van der Waals surface area contributed by atoms with E-state index in [1.165, 1.54) is 77.4 Å². The molecule has 3 unspecified atom stereocenters. The first-order valence-electron chi connectivity index (χ1n) is 9.21. The number of hydrogen-bond acceptors (Lipinski definition) is 2. The van der Waals surface area contributed by atoms with Crippen molar-refractivity contribution in [2.24, 2.45) is 17.8 Å². The Bertz CT molecular complexity index is 317. The van der Waals surface area contributed by atoms with Crippen LogP contribution in [0.4, 0.5) is 0 Å². The number of rotatable bonds is 3. The molecule has 20 heavy (non-hydrogen) atoms. The van der Waals surface area contributed by atoms with Crippen molar-refractivity contribution >= 4 is 0 Å². The molecule has 2 heteroatoms. The van der Waals surface area contributed by atoms with Crippen molar-refractivity contribution in [3.05, 3.63) is 6.42 Å². The molecular formula is C18H31N2. The first-order chi connectivity index (χ1) is 9.92. The van der Waals surface area contributed by atoms with Crippen LogP contribution in [0.2, 0.25) is 0 Å². The third kappa shape index (κ3) is 2.54. The Morgan fingerprint density at radius 2 is 1.75 bits per heavy atom. The minimum atomic E-state index is 0.903. The summed E-state index contributed by atoms with van der Waals surface area (Å²) >= 11 is 0. The molecule has 0 aromatic rings. The van der Waals surface area contributed by atoms with Gasteiger partial charge < -0.3 is 5.32 Å². The minimum Gasteiger partial charge on any atom is -0.316 e. The molecule has 2 nitrogen and oxygen atoms in total. The fourth-order valence-electron chi connectivity index (χ4n) is 5.32. The van der Waals surface area contributed by atoms with Crippen molar-refractivity contribution in [1.29, 1.82) is 0 Å². The molecule has 3 heterocycles. The van der Waals surface area contributed by atoms with Gasteiger partial charge >= 0.3 is 0 Å². The summed E-state index contributed by atoms with van der Waals surface area (Å²) in [6.07, 6.45) is 16.0. The van der Waals surface area contributed by atoms with Gasteiger partial charge in [0.1, 0.15) is 0 Å². The van der Waals surface area contributed by atoms with E-state index in [1.54, 1.807) is 0 Å². The molecule has 0 spiro atoms. The summed E-state index contributed by atoms with van der Waals surface area (Å²) < 4.78 is 0. The third-order valence-corrected chi connectivity index (χ3v) is 6.62. The number of fused-ring (bicyclic) bond motifs is 2. The third-order valence-electron chi connectivity index (χ3n) is 6.62. The second-order valence-corrected chi connectivity index (χ2v) is 7.82. The number of hydrogen-bond donors (Lipinski definition) is 1. The van der Waals surface area contributed by atoms with Crippen LogP contribution in [0.5, 0.6) is 0 Å². The first kappa shape index (κ1) is 13.6. The molecule has 0 aromatic carbocycles. The highest BCUT2D eigenvalue weighted by Crippen LogP contribution is 2.43. The molecule has 0 amide bonds. The fourth-order valence-corrected chi connectivity index (χ4v) is 5.32. The monoisotopic (exact) mass is 275 g/mol. The van der Waals surface area contributed by atoms with E-state index in [9.17, 15) is 0 Å². The number of nitrogens with one attached hydrogen (secondary N) is 1. The van der Waals surface area contributed by atoms with E-state index >= 15 is 0 Å². The molecule has 0 aromatic heterocycles. The summed E-state index contributed by atoms with van der Waals surface area (Å²) in [5.41, 5.74) is 0. The summed E-state index contributed by atoms with van der Waals surface area (Å²) in [5.74, 6) is 2.87. The van der Waals surface area contributed by atoms with E-state index in [2.05, 4.69) is 16.6 Å². The van der Waals surface area contributed by atoms with Crippen LogP contribution in [0.3, 0.4) is 0 Å². The molecule has 4 fully saturated rings. The van der Waals surface area contributed by atoms with Crippen molar-refractivity contribution < 1.29 is 0 Å². The summed E-state index contributed by atoms with van der Waals surface area (Å²) in [7, 11) is 0. The maximum absolute atomic E-state index is 3.48. The fraction of sp³-hybridized carbons (Fsp3) is 0.944. The molecular weight excluding hydrogens is 244 g/mol. The highest BCUT2D eigenvalue weighted by atomic mass is 15.2. The van der Waals surface area contributed by atoms with E-state index in [0.29, 0.717) is 0 Å². The minimum absolute atomic E-state index is 0.903.